The number of aromatic carboxylic acids is 1. The van der Waals surface area contributed by atoms with Gasteiger partial charge in [-0.05, 0) is 48.5 Å². The minimum Gasteiger partial charge on any atom is -0.497 e. The van der Waals surface area contributed by atoms with E-state index < -0.39 is 11.9 Å². The zero-order valence-electron chi connectivity index (χ0n) is 11.8. The lowest BCUT2D eigenvalue weighted by atomic mass is 10.2. The number of hydrogen-bond acceptors (Lipinski definition) is 5. The van der Waals surface area contributed by atoms with Crippen LogP contribution in [0.2, 0.25) is 0 Å². The summed E-state index contributed by atoms with van der Waals surface area (Å²) in [5, 5.41) is 8.77. The molecule has 1 N–H and O–H groups in total. The third kappa shape index (κ3) is 4.24. The second kappa shape index (κ2) is 7.12. The second-order valence-corrected chi connectivity index (χ2v) is 4.27. The van der Waals surface area contributed by atoms with Crippen LogP contribution in [-0.4, -0.2) is 30.8 Å². The number of carbonyl (C=O) groups excluding carboxylic acids is 1. The van der Waals surface area contributed by atoms with Crippen molar-refractivity contribution in [3.63, 3.8) is 0 Å². The number of esters is 1. The van der Waals surface area contributed by atoms with Gasteiger partial charge in [-0.15, -0.1) is 0 Å². The van der Waals surface area contributed by atoms with Crippen LogP contribution in [0.4, 0.5) is 0 Å². The van der Waals surface area contributed by atoms with Gasteiger partial charge in [0.2, 0.25) is 0 Å². The maximum absolute atomic E-state index is 11.6. The normalized spacial score (nSPS) is 9.86. The van der Waals surface area contributed by atoms with Crippen LogP contribution in [0.15, 0.2) is 48.5 Å². The van der Waals surface area contributed by atoms with Gasteiger partial charge in [-0.3, -0.25) is 0 Å². The molecule has 6 nitrogen and oxygen atoms in total. The molecule has 114 valence electrons. The van der Waals surface area contributed by atoms with Gasteiger partial charge in [-0.1, -0.05) is 0 Å². The Hall–Kier alpha value is -3.02. The molecule has 0 bridgehead atoms. The van der Waals surface area contributed by atoms with E-state index in [1.54, 1.807) is 31.4 Å². The monoisotopic (exact) mass is 302 g/mol. The Morgan fingerprint density at radius 2 is 1.45 bits per heavy atom. The van der Waals surface area contributed by atoms with Gasteiger partial charge in [0.1, 0.15) is 17.2 Å². The predicted molar refractivity (Wildman–Crippen MR) is 77.5 cm³/mol. The summed E-state index contributed by atoms with van der Waals surface area (Å²) in [6.07, 6.45) is 0. The van der Waals surface area contributed by atoms with E-state index in [4.69, 9.17) is 19.3 Å². The zero-order chi connectivity index (χ0) is 15.9. The summed E-state index contributed by atoms with van der Waals surface area (Å²) in [6, 6.07) is 12.3. The zero-order valence-corrected chi connectivity index (χ0v) is 11.8. The van der Waals surface area contributed by atoms with Crippen molar-refractivity contribution in [1.82, 2.24) is 0 Å². The van der Waals surface area contributed by atoms with Gasteiger partial charge in [0.25, 0.3) is 0 Å². The maximum atomic E-state index is 11.6. The van der Waals surface area contributed by atoms with Crippen molar-refractivity contribution in [1.29, 1.82) is 0 Å². The number of rotatable bonds is 6. The maximum Gasteiger partial charge on any atom is 0.349 e. The third-order valence-corrected chi connectivity index (χ3v) is 2.75. The number of carboxylic acids is 1. The highest BCUT2D eigenvalue weighted by Crippen LogP contribution is 2.17. The fourth-order valence-corrected chi connectivity index (χ4v) is 1.64. The number of carbonyl (C=O) groups is 2. The lowest BCUT2D eigenvalue weighted by molar-refractivity contribution is -0.136. The molecule has 0 radical (unpaired) electrons. The smallest absolute Gasteiger partial charge is 0.349 e. The van der Waals surface area contributed by atoms with Crippen LogP contribution in [0.1, 0.15) is 10.4 Å². The first-order chi connectivity index (χ1) is 10.6. The van der Waals surface area contributed by atoms with Crippen molar-refractivity contribution in [2.75, 3.05) is 13.7 Å². The SMILES string of the molecule is COc1ccc(OCC(=O)Oc2ccc(C(=O)O)cc2)cc1. The van der Waals surface area contributed by atoms with Crippen LogP contribution in [-0.2, 0) is 4.79 Å². The molecule has 6 heteroatoms. The van der Waals surface area contributed by atoms with Gasteiger partial charge >= 0.3 is 11.9 Å². The Kier molecular flexibility index (Phi) is 4.98. The molecule has 0 amide bonds. The molecule has 2 aromatic carbocycles. The summed E-state index contributed by atoms with van der Waals surface area (Å²) in [5.41, 5.74) is 0.120. The molecule has 0 aliphatic heterocycles. The van der Waals surface area contributed by atoms with Crippen molar-refractivity contribution < 1.29 is 28.9 Å². The van der Waals surface area contributed by atoms with Crippen molar-refractivity contribution in [3.05, 3.63) is 54.1 Å². The molecular weight excluding hydrogens is 288 g/mol. The standard InChI is InChI=1S/C16H14O6/c1-20-12-6-8-13(9-7-12)21-10-15(17)22-14-4-2-11(3-5-14)16(18)19/h2-9H,10H2,1H3,(H,18,19). The van der Waals surface area contributed by atoms with Gasteiger partial charge in [0, 0.05) is 0 Å². The first kappa shape index (κ1) is 15.4. The number of hydrogen-bond donors (Lipinski definition) is 1. The first-order valence-electron chi connectivity index (χ1n) is 6.39. The van der Waals surface area contributed by atoms with Crippen LogP contribution in [0, 0.1) is 0 Å². The largest absolute Gasteiger partial charge is 0.497 e. The highest BCUT2D eigenvalue weighted by molar-refractivity contribution is 5.87. The summed E-state index contributed by atoms with van der Waals surface area (Å²) in [7, 11) is 1.56. The van der Waals surface area contributed by atoms with Crippen LogP contribution >= 0.6 is 0 Å². The molecule has 0 aliphatic carbocycles. The van der Waals surface area contributed by atoms with Gasteiger partial charge in [0.05, 0.1) is 12.7 Å². The number of methoxy groups -OCH3 is 1. The highest BCUT2D eigenvalue weighted by atomic mass is 16.6. The van der Waals surface area contributed by atoms with E-state index in [0.29, 0.717) is 11.5 Å². The Balaban J connectivity index is 1.85. The highest BCUT2D eigenvalue weighted by Gasteiger charge is 2.08. The number of ether oxygens (including phenoxy) is 3. The fourth-order valence-electron chi connectivity index (χ4n) is 1.64. The number of carboxylic acid groups (broad SMARTS) is 1. The van der Waals surface area contributed by atoms with Gasteiger partial charge in [-0.2, -0.15) is 0 Å². The van der Waals surface area contributed by atoms with E-state index in [0.717, 1.165) is 0 Å². The molecule has 0 saturated heterocycles. The van der Waals surface area contributed by atoms with Crippen LogP contribution in [0.5, 0.6) is 17.2 Å². The van der Waals surface area contributed by atoms with Crippen molar-refractivity contribution in [2.45, 2.75) is 0 Å². The average molecular weight is 302 g/mol. The van der Waals surface area contributed by atoms with E-state index in [1.807, 2.05) is 0 Å². The Morgan fingerprint density at radius 1 is 0.909 bits per heavy atom. The quantitative estimate of drug-likeness (QED) is 0.651. The molecule has 2 aromatic rings. The van der Waals surface area contributed by atoms with Crippen molar-refractivity contribution >= 4 is 11.9 Å². The number of benzene rings is 2. The van der Waals surface area contributed by atoms with Crippen LogP contribution in [0.25, 0.3) is 0 Å². The minimum atomic E-state index is -1.04. The third-order valence-electron chi connectivity index (χ3n) is 2.75. The summed E-state index contributed by atoms with van der Waals surface area (Å²) >= 11 is 0. The molecule has 0 fully saturated rings. The summed E-state index contributed by atoms with van der Waals surface area (Å²) < 4.78 is 15.3. The molecule has 0 saturated carbocycles. The van der Waals surface area contributed by atoms with Crippen LogP contribution in [0.3, 0.4) is 0 Å². The summed E-state index contributed by atoms with van der Waals surface area (Å²) in [4.78, 5) is 22.3. The Morgan fingerprint density at radius 3 is 2.00 bits per heavy atom. The van der Waals surface area contributed by atoms with E-state index in [-0.39, 0.29) is 17.9 Å². The molecule has 0 aromatic heterocycles. The fraction of sp³-hybridized carbons (Fsp3) is 0.125. The van der Waals surface area contributed by atoms with E-state index in [2.05, 4.69) is 0 Å². The van der Waals surface area contributed by atoms with Crippen molar-refractivity contribution in [3.8, 4) is 17.2 Å². The Bertz CT molecular complexity index is 645. The topological polar surface area (TPSA) is 82.1 Å². The molecule has 0 heterocycles. The lowest BCUT2D eigenvalue weighted by Crippen LogP contribution is -2.17. The lowest BCUT2D eigenvalue weighted by Gasteiger charge is -2.07. The van der Waals surface area contributed by atoms with Gasteiger partial charge < -0.3 is 19.3 Å². The summed E-state index contributed by atoms with van der Waals surface area (Å²) in [5.74, 6) is -0.166. The van der Waals surface area contributed by atoms with Gasteiger partial charge in [0.15, 0.2) is 6.61 Å². The van der Waals surface area contributed by atoms with E-state index in [9.17, 15) is 9.59 Å². The Labute approximate surface area is 126 Å². The predicted octanol–water partition coefficient (Wildman–Crippen LogP) is 2.38. The first-order valence-corrected chi connectivity index (χ1v) is 6.39. The van der Waals surface area contributed by atoms with Crippen molar-refractivity contribution in [2.24, 2.45) is 0 Å². The molecule has 0 unspecified atom stereocenters. The average Bonchev–Trinajstić information content (AvgIpc) is 2.54. The molecule has 0 spiro atoms. The molecular formula is C16H14O6. The van der Waals surface area contributed by atoms with Crippen LogP contribution < -0.4 is 14.2 Å². The van der Waals surface area contributed by atoms with Gasteiger partial charge in [-0.25, -0.2) is 9.59 Å². The van der Waals surface area contributed by atoms with E-state index >= 15 is 0 Å². The second-order valence-electron chi connectivity index (χ2n) is 4.27. The summed E-state index contributed by atoms with van der Waals surface area (Å²) in [6.45, 7) is -0.257. The molecule has 2 rings (SSSR count). The minimum absolute atomic E-state index is 0.120. The molecule has 0 aliphatic rings. The molecule has 22 heavy (non-hydrogen) atoms. The molecule has 0 atom stereocenters. The van der Waals surface area contributed by atoms with E-state index in [1.165, 1.54) is 24.3 Å².